The summed E-state index contributed by atoms with van der Waals surface area (Å²) in [6.07, 6.45) is 6.49. The molecule has 0 aliphatic heterocycles. The van der Waals surface area contributed by atoms with Crippen molar-refractivity contribution in [3.63, 3.8) is 0 Å². The van der Waals surface area contributed by atoms with Gasteiger partial charge in [-0.15, -0.1) is 0 Å². The molecular formula is C23H27FN2O3S. The van der Waals surface area contributed by atoms with Crippen LogP contribution < -0.4 is 5.32 Å². The van der Waals surface area contributed by atoms with Crippen LogP contribution in [0.2, 0.25) is 0 Å². The fourth-order valence-electron chi connectivity index (χ4n) is 3.84. The average Bonchev–Trinajstić information content (AvgIpc) is 2.68. The highest BCUT2D eigenvalue weighted by Gasteiger charge is 2.30. The standard InChI is InChI=1S/C23H27FN2O3S/c1-4-26(19-8-6-5-7-9-19)30(28,29)20-10-11-22(24)21(15-20)23(27)25-18-13-16(2)12-17(3)14-18/h6,8,10-15,19H,4-5,7,9H2,1-3H3,(H,25,27). The van der Waals surface area contributed by atoms with Gasteiger partial charge in [0.2, 0.25) is 10.0 Å². The number of hydrogen-bond donors (Lipinski definition) is 1. The van der Waals surface area contributed by atoms with E-state index in [9.17, 15) is 17.6 Å². The van der Waals surface area contributed by atoms with Gasteiger partial charge >= 0.3 is 0 Å². The number of rotatable bonds is 6. The normalized spacial score (nSPS) is 16.6. The van der Waals surface area contributed by atoms with Crippen LogP contribution >= 0.6 is 0 Å². The summed E-state index contributed by atoms with van der Waals surface area (Å²) in [7, 11) is -3.87. The molecular weight excluding hydrogens is 403 g/mol. The van der Waals surface area contributed by atoms with Crippen molar-refractivity contribution in [2.24, 2.45) is 0 Å². The van der Waals surface area contributed by atoms with E-state index in [4.69, 9.17) is 0 Å². The Balaban J connectivity index is 1.92. The fraction of sp³-hybridized carbons (Fsp3) is 0.348. The van der Waals surface area contributed by atoms with Crippen molar-refractivity contribution in [2.45, 2.75) is 51.0 Å². The number of carbonyl (C=O) groups is 1. The van der Waals surface area contributed by atoms with Gasteiger partial charge in [0.25, 0.3) is 5.91 Å². The molecule has 1 aliphatic carbocycles. The second-order valence-corrected chi connectivity index (χ2v) is 9.50. The largest absolute Gasteiger partial charge is 0.322 e. The van der Waals surface area contributed by atoms with Crippen LogP contribution in [0.3, 0.4) is 0 Å². The summed E-state index contributed by atoms with van der Waals surface area (Å²) in [5.41, 5.74) is 2.15. The average molecular weight is 431 g/mol. The third-order valence-electron chi connectivity index (χ3n) is 5.18. The Bertz CT molecular complexity index is 1060. The Hall–Kier alpha value is -2.51. The molecule has 1 unspecified atom stereocenters. The molecule has 0 saturated carbocycles. The fourth-order valence-corrected chi connectivity index (χ4v) is 5.49. The maximum absolute atomic E-state index is 14.4. The lowest BCUT2D eigenvalue weighted by Crippen LogP contribution is -2.39. The number of halogens is 1. The molecule has 30 heavy (non-hydrogen) atoms. The predicted molar refractivity (Wildman–Crippen MR) is 117 cm³/mol. The van der Waals surface area contributed by atoms with Crippen LogP contribution in [0.1, 0.15) is 47.7 Å². The third kappa shape index (κ3) is 4.79. The van der Waals surface area contributed by atoms with Crippen molar-refractivity contribution in [1.29, 1.82) is 0 Å². The Morgan fingerprint density at radius 1 is 1.17 bits per heavy atom. The molecule has 3 rings (SSSR count). The lowest BCUT2D eigenvalue weighted by atomic mass is 10.0. The van der Waals surface area contributed by atoms with Crippen LogP contribution in [0.5, 0.6) is 0 Å². The number of nitrogens with zero attached hydrogens (tertiary/aromatic N) is 1. The van der Waals surface area contributed by atoms with Gasteiger partial charge in [0.05, 0.1) is 10.5 Å². The zero-order valence-electron chi connectivity index (χ0n) is 17.5. The number of likely N-dealkylation sites (N-methyl/N-ethyl adjacent to an activating group) is 1. The SMILES string of the molecule is CCN(C1C=CCCC1)S(=O)(=O)c1ccc(F)c(C(=O)Nc2cc(C)cc(C)c2)c1. The monoisotopic (exact) mass is 430 g/mol. The van der Waals surface area contributed by atoms with E-state index >= 15 is 0 Å². The molecule has 0 heterocycles. The first-order valence-corrected chi connectivity index (χ1v) is 11.5. The zero-order chi connectivity index (χ0) is 21.9. The van der Waals surface area contributed by atoms with Gasteiger partial charge in [0, 0.05) is 18.3 Å². The summed E-state index contributed by atoms with van der Waals surface area (Å²) in [6.45, 7) is 5.86. The predicted octanol–water partition coefficient (Wildman–Crippen LogP) is 4.81. The first kappa shape index (κ1) is 22.2. The topological polar surface area (TPSA) is 66.5 Å². The smallest absolute Gasteiger partial charge is 0.258 e. The van der Waals surface area contributed by atoms with Crippen molar-refractivity contribution in [3.8, 4) is 0 Å². The van der Waals surface area contributed by atoms with Gasteiger partial charge in [-0.3, -0.25) is 4.79 Å². The number of benzene rings is 2. The van der Waals surface area contributed by atoms with Crippen molar-refractivity contribution in [2.75, 3.05) is 11.9 Å². The van der Waals surface area contributed by atoms with E-state index < -0.39 is 21.7 Å². The van der Waals surface area contributed by atoms with E-state index in [0.717, 1.165) is 42.5 Å². The lowest BCUT2D eigenvalue weighted by molar-refractivity contribution is 0.102. The minimum atomic E-state index is -3.87. The van der Waals surface area contributed by atoms with Crippen LogP contribution in [-0.4, -0.2) is 31.2 Å². The summed E-state index contributed by atoms with van der Waals surface area (Å²) in [5, 5.41) is 2.67. The maximum Gasteiger partial charge on any atom is 0.258 e. The highest BCUT2D eigenvalue weighted by atomic mass is 32.2. The second-order valence-electron chi connectivity index (χ2n) is 7.61. The number of amides is 1. The molecule has 0 fully saturated rings. The molecule has 1 N–H and O–H groups in total. The lowest BCUT2D eigenvalue weighted by Gasteiger charge is -2.29. The zero-order valence-corrected chi connectivity index (χ0v) is 18.3. The van der Waals surface area contributed by atoms with E-state index in [-0.39, 0.29) is 16.5 Å². The number of allylic oxidation sites excluding steroid dienone is 1. The molecule has 1 amide bonds. The highest BCUT2D eigenvalue weighted by molar-refractivity contribution is 7.89. The first-order valence-electron chi connectivity index (χ1n) is 10.1. The molecule has 160 valence electrons. The quantitative estimate of drug-likeness (QED) is 0.669. The molecule has 0 spiro atoms. The molecule has 0 aromatic heterocycles. The number of hydrogen-bond acceptors (Lipinski definition) is 3. The minimum absolute atomic E-state index is 0.0877. The summed E-state index contributed by atoms with van der Waals surface area (Å²) in [6, 6.07) is 8.66. The maximum atomic E-state index is 14.4. The molecule has 2 aromatic rings. The first-order chi connectivity index (χ1) is 14.2. The summed E-state index contributed by atoms with van der Waals surface area (Å²) in [5.74, 6) is -1.45. The number of sulfonamides is 1. The van der Waals surface area contributed by atoms with E-state index in [1.807, 2.05) is 32.1 Å². The van der Waals surface area contributed by atoms with E-state index in [1.165, 1.54) is 10.4 Å². The number of carbonyl (C=O) groups excluding carboxylic acids is 1. The summed E-state index contributed by atoms with van der Waals surface area (Å²) >= 11 is 0. The van der Waals surface area contributed by atoms with Crippen LogP contribution in [-0.2, 0) is 10.0 Å². The van der Waals surface area contributed by atoms with Crippen LogP contribution in [0.25, 0.3) is 0 Å². The van der Waals surface area contributed by atoms with Crippen molar-refractivity contribution in [1.82, 2.24) is 4.31 Å². The molecule has 0 saturated heterocycles. The van der Waals surface area contributed by atoms with Gasteiger partial charge in [-0.25, -0.2) is 12.8 Å². The van der Waals surface area contributed by atoms with Gasteiger partial charge in [-0.2, -0.15) is 4.31 Å². The van der Waals surface area contributed by atoms with Gasteiger partial charge < -0.3 is 5.32 Å². The van der Waals surface area contributed by atoms with E-state index in [2.05, 4.69) is 5.32 Å². The molecule has 2 aromatic carbocycles. The molecule has 1 aliphatic rings. The minimum Gasteiger partial charge on any atom is -0.322 e. The van der Waals surface area contributed by atoms with Crippen LogP contribution in [0.4, 0.5) is 10.1 Å². The van der Waals surface area contributed by atoms with Gasteiger partial charge in [0.15, 0.2) is 0 Å². The van der Waals surface area contributed by atoms with Crippen LogP contribution in [0, 0.1) is 19.7 Å². The van der Waals surface area contributed by atoms with Gasteiger partial charge in [-0.1, -0.05) is 25.1 Å². The van der Waals surface area contributed by atoms with Crippen molar-refractivity contribution >= 4 is 21.6 Å². The Morgan fingerprint density at radius 2 is 1.87 bits per heavy atom. The second kappa shape index (κ2) is 9.10. The Labute approximate surface area is 177 Å². The van der Waals surface area contributed by atoms with Gasteiger partial charge in [0.1, 0.15) is 5.82 Å². The summed E-state index contributed by atoms with van der Waals surface area (Å²) < 4.78 is 42.3. The third-order valence-corrected chi connectivity index (χ3v) is 7.18. The van der Waals surface area contributed by atoms with Crippen LogP contribution in [0.15, 0.2) is 53.4 Å². The molecule has 5 nitrogen and oxygen atoms in total. The molecule has 1 atom stereocenters. The summed E-state index contributed by atoms with van der Waals surface area (Å²) in [4.78, 5) is 12.6. The Morgan fingerprint density at radius 3 is 2.47 bits per heavy atom. The molecule has 0 bridgehead atoms. The van der Waals surface area contributed by atoms with Gasteiger partial charge in [-0.05, 0) is 74.6 Å². The number of aryl methyl sites for hydroxylation is 2. The van der Waals surface area contributed by atoms with E-state index in [0.29, 0.717) is 12.2 Å². The number of nitrogens with one attached hydrogen (secondary N) is 1. The van der Waals surface area contributed by atoms with E-state index in [1.54, 1.807) is 19.1 Å². The number of anilines is 1. The van der Waals surface area contributed by atoms with Crippen molar-refractivity contribution < 1.29 is 17.6 Å². The molecule has 7 heteroatoms. The molecule has 0 radical (unpaired) electrons. The van der Waals surface area contributed by atoms with Crippen molar-refractivity contribution in [3.05, 3.63) is 71.1 Å². The highest BCUT2D eigenvalue weighted by Crippen LogP contribution is 2.26. The Kier molecular flexibility index (Phi) is 6.73.